The molecule has 0 spiro atoms. The van der Waals surface area contributed by atoms with E-state index < -0.39 is 51.9 Å². The second-order valence-corrected chi connectivity index (χ2v) is 16.7. The molecule has 0 aliphatic carbocycles. The molecular weight excluding hydrogens is 854 g/mol. The largest absolute Gasteiger partial charge is 0.417 e. The fourth-order valence-corrected chi connectivity index (χ4v) is 9.08. The van der Waals surface area contributed by atoms with Gasteiger partial charge in [0.25, 0.3) is 11.5 Å². The quantitative estimate of drug-likeness (QED) is 0.0619. The number of aromatic amines is 1. The molecule has 1 fully saturated rings. The molecule has 1 amide bonds. The summed E-state index contributed by atoms with van der Waals surface area (Å²) < 4.78 is 78.8. The highest BCUT2D eigenvalue weighted by Gasteiger charge is 2.51. The van der Waals surface area contributed by atoms with Gasteiger partial charge in [-0.2, -0.15) is 28.6 Å². The number of nitrogens with zero attached hydrogens (tertiary/aromatic N) is 7. The van der Waals surface area contributed by atoms with Crippen LogP contribution in [-0.4, -0.2) is 54.7 Å². The maximum absolute atomic E-state index is 15.5. The van der Waals surface area contributed by atoms with Crippen molar-refractivity contribution in [3.8, 4) is 6.07 Å². The summed E-state index contributed by atoms with van der Waals surface area (Å²) in [4.78, 5) is 33.1. The number of nitrogens with one attached hydrogen (secondary N) is 2. The lowest BCUT2D eigenvalue weighted by Gasteiger charge is -2.33. The van der Waals surface area contributed by atoms with E-state index in [2.05, 4.69) is 37.7 Å². The zero-order valence-electron chi connectivity index (χ0n) is 35.0. The van der Waals surface area contributed by atoms with Gasteiger partial charge < -0.3 is 15.0 Å². The van der Waals surface area contributed by atoms with Crippen LogP contribution in [0.3, 0.4) is 0 Å². The number of nitriles is 1. The number of aromatic nitrogens is 5. The average Bonchev–Trinajstić information content (AvgIpc) is 3.76. The van der Waals surface area contributed by atoms with Gasteiger partial charge in [0.1, 0.15) is 29.3 Å². The Kier molecular flexibility index (Phi) is 12.1. The van der Waals surface area contributed by atoms with Crippen LogP contribution in [0.2, 0.25) is 0 Å². The van der Waals surface area contributed by atoms with Crippen molar-refractivity contribution in [3.63, 3.8) is 0 Å². The summed E-state index contributed by atoms with van der Waals surface area (Å²) in [7, 11) is 1.79. The molecular formula is C46H42F5N9O3S. The summed E-state index contributed by atoms with van der Waals surface area (Å²) in [6.07, 6.45) is 1.03. The molecule has 2 N–H and O–H groups in total. The Labute approximate surface area is 369 Å². The van der Waals surface area contributed by atoms with Gasteiger partial charge >= 0.3 is 6.18 Å². The highest BCUT2D eigenvalue weighted by Crippen LogP contribution is 2.46. The first-order valence-electron chi connectivity index (χ1n) is 20.7. The molecule has 4 aromatic carbocycles. The van der Waals surface area contributed by atoms with Gasteiger partial charge in [0.15, 0.2) is 5.11 Å². The first-order chi connectivity index (χ1) is 30.6. The molecule has 8 rings (SSSR count). The number of halogens is 5. The van der Waals surface area contributed by atoms with Crippen LogP contribution < -0.4 is 20.7 Å². The molecule has 2 aromatic heterocycles. The number of unbranched alkanes of at least 4 members (excludes halogenated alkanes) is 2. The molecule has 64 heavy (non-hydrogen) atoms. The van der Waals surface area contributed by atoms with Gasteiger partial charge in [-0.05, 0) is 124 Å². The number of carbonyl (C=O) groups is 1. The summed E-state index contributed by atoms with van der Waals surface area (Å²) in [6, 6.07) is 19.4. The number of rotatable bonds is 14. The normalized spacial score (nSPS) is 17.0. The Morgan fingerprint density at radius 2 is 1.64 bits per heavy atom. The number of hydrogen-bond donors (Lipinski definition) is 2. The molecule has 0 bridgehead atoms. The third-order valence-electron chi connectivity index (χ3n) is 11.8. The molecule has 0 unspecified atom stereocenters. The van der Waals surface area contributed by atoms with Crippen molar-refractivity contribution in [1.29, 1.82) is 5.26 Å². The zero-order valence-corrected chi connectivity index (χ0v) is 35.8. The van der Waals surface area contributed by atoms with E-state index in [1.54, 1.807) is 37.7 Å². The van der Waals surface area contributed by atoms with Crippen LogP contribution in [0.25, 0.3) is 10.8 Å². The fourth-order valence-electron chi connectivity index (χ4n) is 8.55. The standard InChI is InChI=1S/C46H42F5N9O3S/c1-45(2)43(62)59(31-16-15-29(24-52)34(22-31)46(49,50)51)44(64)60(45)32-17-14-27(35(48)23-32)9-5-7-19-63-18-6-4-8-26-10-12-28(13-11-26)39-38(41-53-25-54-58(41)3)40-37-33(42(61)57-56-40)20-30(47)21-36(37)55-39/h10-17,20-23,25,38-39,55H,4-9,18-19H2,1-3H3,(H,57,61)/t38-,39-/m1/s1. The van der Waals surface area contributed by atoms with Gasteiger partial charge in [0, 0.05) is 37.0 Å². The van der Waals surface area contributed by atoms with Gasteiger partial charge in [0.2, 0.25) is 0 Å². The SMILES string of the molecule is Cn1ncnc1[C@H]1c2n[nH]c(=O)c3cc(F)cc(c23)N[C@@H]1c1ccc(CCCCOCCCCc2ccc(N3C(=S)N(c4ccc(C#N)c(C(F)(F)F)c4)C(=O)C3(C)C)cc2F)cc1. The Morgan fingerprint density at radius 1 is 0.922 bits per heavy atom. The smallest absolute Gasteiger partial charge is 0.381 e. The van der Waals surface area contributed by atoms with Gasteiger partial charge in [-0.3, -0.25) is 19.2 Å². The lowest BCUT2D eigenvalue weighted by Crippen LogP contribution is -2.44. The molecule has 2 atom stereocenters. The number of ether oxygens (including phenoxy) is 1. The van der Waals surface area contributed by atoms with E-state index in [1.807, 2.05) is 12.1 Å². The number of thiocarbonyl (C=S) groups is 1. The van der Waals surface area contributed by atoms with Crippen LogP contribution in [0, 0.1) is 23.0 Å². The average molecular weight is 896 g/mol. The Balaban J connectivity index is 0.805. The number of hydrogen-bond acceptors (Lipinski definition) is 9. The maximum Gasteiger partial charge on any atom is 0.417 e. The number of alkyl halides is 3. The first-order valence-corrected chi connectivity index (χ1v) is 21.1. The van der Waals surface area contributed by atoms with Crippen molar-refractivity contribution in [3.05, 3.63) is 140 Å². The van der Waals surface area contributed by atoms with E-state index in [-0.39, 0.29) is 27.9 Å². The second kappa shape index (κ2) is 17.5. The van der Waals surface area contributed by atoms with Crippen molar-refractivity contribution in [2.45, 2.75) is 76.0 Å². The van der Waals surface area contributed by atoms with Gasteiger partial charge in [-0.25, -0.2) is 18.9 Å². The van der Waals surface area contributed by atoms with E-state index >= 15 is 4.39 Å². The molecule has 0 radical (unpaired) electrons. The van der Waals surface area contributed by atoms with E-state index in [1.165, 1.54) is 41.6 Å². The van der Waals surface area contributed by atoms with E-state index in [4.69, 9.17) is 17.0 Å². The first kappa shape index (κ1) is 44.0. The number of amides is 1. The minimum Gasteiger partial charge on any atom is -0.381 e. The number of H-pyrrole nitrogens is 1. The molecule has 4 heterocycles. The molecule has 2 aliphatic rings. The van der Waals surface area contributed by atoms with Gasteiger partial charge in [-0.15, -0.1) is 0 Å². The van der Waals surface area contributed by atoms with Crippen LogP contribution in [0.5, 0.6) is 0 Å². The fraction of sp³-hybridized carbons (Fsp3) is 0.326. The molecule has 2 aliphatic heterocycles. The van der Waals surface area contributed by atoms with Gasteiger partial charge in [-0.1, -0.05) is 30.3 Å². The topological polar surface area (TPSA) is 145 Å². The third kappa shape index (κ3) is 8.32. The van der Waals surface area contributed by atoms with Crippen LogP contribution in [0.4, 0.5) is 39.0 Å². The molecule has 18 heteroatoms. The predicted octanol–water partition coefficient (Wildman–Crippen LogP) is 8.80. The highest BCUT2D eigenvalue weighted by atomic mass is 32.1. The van der Waals surface area contributed by atoms with E-state index in [0.717, 1.165) is 47.4 Å². The van der Waals surface area contributed by atoms with E-state index in [9.17, 15) is 32.4 Å². The minimum absolute atomic E-state index is 0.112. The summed E-state index contributed by atoms with van der Waals surface area (Å²) in [5, 5.41) is 24.5. The van der Waals surface area contributed by atoms with Crippen LogP contribution in [-0.2, 0) is 35.6 Å². The van der Waals surface area contributed by atoms with Crippen molar-refractivity contribution in [2.24, 2.45) is 7.05 Å². The monoisotopic (exact) mass is 895 g/mol. The van der Waals surface area contributed by atoms with Crippen LogP contribution in [0.15, 0.2) is 83.9 Å². The molecule has 0 saturated carbocycles. The molecule has 1 saturated heterocycles. The van der Waals surface area contributed by atoms with E-state index in [0.29, 0.717) is 60.6 Å². The summed E-state index contributed by atoms with van der Waals surface area (Å²) in [6.45, 7) is 4.20. The Morgan fingerprint density at radius 3 is 2.31 bits per heavy atom. The lowest BCUT2D eigenvalue weighted by atomic mass is 9.83. The van der Waals surface area contributed by atoms with Crippen molar-refractivity contribution in [2.75, 3.05) is 28.3 Å². The summed E-state index contributed by atoms with van der Waals surface area (Å²) in [5.41, 5.74) is 0.163. The molecule has 12 nitrogen and oxygen atoms in total. The predicted molar refractivity (Wildman–Crippen MR) is 234 cm³/mol. The summed E-state index contributed by atoms with van der Waals surface area (Å²) in [5.74, 6) is -1.41. The van der Waals surface area contributed by atoms with Gasteiger partial charge in [0.05, 0.1) is 45.9 Å². The van der Waals surface area contributed by atoms with Crippen molar-refractivity contribution >= 4 is 51.1 Å². The minimum atomic E-state index is -4.83. The Bertz CT molecular complexity index is 2870. The highest BCUT2D eigenvalue weighted by molar-refractivity contribution is 7.81. The number of benzene rings is 4. The summed E-state index contributed by atoms with van der Waals surface area (Å²) >= 11 is 5.58. The van der Waals surface area contributed by atoms with Crippen molar-refractivity contribution < 1.29 is 31.5 Å². The third-order valence-corrected chi connectivity index (χ3v) is 12.2. The Hall–Kier alpha value is -6.58. The number of anilines is 3. The van der Waals surface area contributed by atoms with Crippen LogP contribution in [0.1, 0.15) is 90.8 Å². The van der Waals surface area contributed by atoms with Crippen LogP contribution >= 0.6 is 12.2 Å². The second-order valence-electron chi connectivity index (χ2n) is 16.4. The number of carbonyl (C=O) groups excluding carboxylic acids is 1. The molecule has 6 aromatic rings. The molecule has 330 valence electrons. The lowest BCUT2D eigenvalue weighted by molar-refractivity contribution is -0.137. The van der Waals surface area contributed by atoms with Crippen molar-refractivity contribution in [1.82, 2.24) is 25.0 Å². The maximum atomic E-state index is 15.5. The number of aryl methyl sites for hydroxylation is 3. The zero-order chi connectivity index (χ0) is 45.5.